The predicted octanol–water partition coefficient (Wildman–Crippen LogP) is 3.50. The van der Waals surface area contributed by atoms with Gasteiger partial charge in [-0.3, -0.25) is 13.9 Å². The Bertz CT molecular complexity index is 1590. The van der Waals surface area contributed by atoms with Crippen LogP contribution in [0.1, 0.15) is 44.7 Å². The van der Waals surface area contributed by atoms with Crippen molar-refractivity contribution in [2.24, 2.45) is 5.92 Å². The highest BCUT2D eigenvalue weighted by molar-refractivity contribution is 5.78. The number of nitrogens with zero attached hydrogens (tertiary/aromatic N) is 5. The van der Waals surface area contributed by atoms with E-state index in [1.54, 1.807) is 30.5 Å². The maximum atomic E-state index is 14.5. The lowest BCUT2D eigenvalue weighted by atomic mass is 10.2. The number of aliphatic hydroxyl groups is 1. The summed E-state index contributed by atoms with van der Waals surface area (Å²) in [5.41, 5.74) is 0.0543. The van der Waals surface area contributed by atoms with Gasteiger partial charge in [0.15, 0.2) is 11.2 Å². The SMILES string of the molecule is CC(C)n1c(=O)n(CCCO)c(=O)c2c1nc(-c1cc(F)cnc1OCC1CC1)n2Cc1ccc(F)cc1. The lowest BCUT2D eigenvalue weighted by Gasteiger charge is -2.15. The number of halogens is 2. The highest BCUT2D eigenvalue weighted by Crippen LogP contribution is 2.34. The molecule has 1 saturated carbocycles. The number of benzene rings is 1. The molecule has 0 aliphatic heterocycles. The van der Waals surface area contributed by atoms with Gasteiger partial charge in [-0.25, -0.2) is 23.5 Å². The van der Waals surface area contributed by atoms with E-state index in [1.165, 1.54) is 22.8 Å². The van der Waals surface area contributed by atoms with E-state index in [1.807, 2.05) is 0 Å². The van der Waals surface area contributed by atoms with Gasteiger partial charge in [-0.15, -0.1) is 0 Å². The summed E-state index contributed by atoms with van der Waals surface area (Å²) in [6.07, 6.45) is 3.37. The Morgan fingerprint density at radius 3 is 2.50 bits per heavy atom. The first-order valence-electron chi connectivity index (χ1n) is 12.7. The van der Waals surface area contributed by atoms with Crippen molar-refractivity contribution in [3.05, 3.63) is 74.6 Å². The fourth-order valence-corrected chi connectivity index (χ4v) is 4.46. The number of aliphatic hydroxyl groups excluding tert-OH is 1. The molecule has 5 rings (SSSR count). The molecule has 11 heteroatoms. The molecule has 1 fully saturated rings. The molecule has 1 aliphatic rings. The van der Waals surface area contributed by atoms with Gasteiger partial charge in [-0.05, 0) is 62.8 Å². The number of ether oxygens (including phenoxy) is 1. The fourth-order valence-electron chi connectivity index (χ4n) is 4.46. The largest absolute Gasteiger partial charge is 0.477 e. The Labute approximate surface area is 217 Å². The first-order valence-corrected chi connectivity index (χ1v) is 12.7. The summed E-state index contributed by atoms with van der Waals surface area (Å²) in [5, 5.41) is 9.35. The molecule has 3 heterocycles. The van der Waals surface area contributed by atoms with Gasteiger partial charge in [0.1, 0.15) is 17.5 Å². The molecule has 3 aromatic heterocycles. The molecule has 1 aliphatic carbocycles. The van der Waals surface area contributed by atoms with E-state index in [-0.39, 0.29) is 60.6 Å². The standard InChI is InChI=1S/C27H29F2N5O4/c1-16(2)34-24-22(26(36)32(27(34)37)10-3-11-35)33(14-17-6-8-19(28)9-7-17)23(31-24)21-12-20(29)13-30-25(21)38-15-18-4-5-18/h6-9,12-13,16,18,35H,3-5,10-11,14-15H2,1-2H3. The molecular formula is C27H29F2N5O4. The van der Waals surface area contributed by atoms with Crippen LogP contribution in [0.15, 0.2) is 46.1 Å². The van der Waals surface area contributed by atoms with Gasteiger partial charge in [-0.1, -0.05) is 12.1 Å². The Morgan fingerprint density at radius 1 is 1.11 bits per heavy atom. The number of pyridine rings is 1. The zero-order chi connectivity index (χ0) is 27.0. The smallest absolute Gasteiger partial charge is 0.332 e. The van der Waals surface area contributed by atoms with Crippen LogP contribution in [0.25, 0.3) is 22.6 Å². The van der Waals surface area contributed by atoms with Crippen molar-refractivity contribution in [3.8, 4) is 17.3 Å². The van der Waals surface area contributed by atoms with Crippen LogP contribution in [-0.4, -0.2) is 42.0 Å². The van der Waals surface area contributed by atoms with Crippen LogP contribution in [0, 0.1) is 17.6 Å². The average molecular weight is 526 g/mol. The molecule has 0 unspecified atom stereocenters. The van der Waals surface area contributed by atoms with E-state index < -0.39 is 22.9 Å². The summed E-state index contributed by atoms with van der Waals surface area (Å²) in [6.45, 7) is 3.95. The summed E-state index contributed by atoms with van der Waals surface area (Å²) >= 11 is 0. The highest BCUT2D eigenvalue weighted by atomic mass is 19.1. The Morgan fingerprint density at radius 2 is 1.84 bits per heavy atom. The third-order valence-electron chi connectivity index (χ3n) is 6.58. The number of hydrogen-bond acceptors (Lipinski definition) is 6. The van der Waals surface area contributed by atoms with Crippen LogP contribution in [0.3, 0.4) is 0 Å². The van der Waals surface area contributed by atoms with Gasteiger partial charge >= 0.3 is 5.69 Å². The van der Waals surface area contributed by atoms with Crippen molar-refractivity contribution in [1.29, 1.82) is 0 Å². The van der Waals surface area contributed by atoms with Crippen LogP contribution in [-0.2, 0) is 13.1 Å². The van der Waals surface area contributed by atoms with E-state index in [0.29, 0.717) is 18.1 Å². The van der Waals surface area contributed by atoms with Crippen LogP contribution in [0.4, 0.5) is 8.78 Å². The van der Waals surface area contributed by atoms with Crippen molar-refractivity contribution < 1.29 is 18.6 Å². The number of fused-ring (bicyclic) bond motifs is 1. The van der Waals surface area contributed by atoms with E-state index in [2.05, 4.69) is 4.98 Å². The van der Waals surface area contributed by atoms with E-state index in [4.69, 9.17) is 9.72 Å². The molecule has 1 aromatic carbocycles. The molecule has 38 heavy (non-hydrogen) atoms. The quantitative estimate of drug-likeness (QED) is 0.340. The molecule has 200 valence electrons. The minimum Gasteiger partial charge on any atom is -0.477 e. The molecule has 0 radical (unpaired) electrons. The summed E-state index contributed by atoms with van der Waals surface area (Å²) < 4.78 is 38.2. The van der Waals surface area contributed by atoms with Gasteiger partial charge in [0.05, 0.1) is 18.4 Å². The van der Waals surface area contributed by atoms with Gasteiger partial charge in [0.25, 0.3) is 5.56 Å². The second kappa shape index (κ2) is 10.5. The lowest BCUT2D eigenvalue weighted by Crippen LogP contribution is -2.41. The maximum Gasteiger partial charge on any atom is 0.332 e. The van der Waals surface area contributed by atoms with Gasteiger partial charge in [0.2, 0.25) is 5.88 Å². The van der Waals surface area contributed by atoms with Gasteiger partial charge in [0, 0.05) is 25.7 Å². The normalized spacial score (nSPS) is 13.5. The Balaban J connectivity index is 1.80. The van der Waals surface area contributed by atoms with Crippen molar-refractivity contribution in [1.82, 2.24) is 23.7 Å². The third-order valence-corrected chi connectivity index (χ3v) is 6.58. The van der Waals surface area contributed by atoms with Crippen molar-refractivity contribution in [2.75, 3.05) is 13.2 Å². The average Bonchev–Trinajstić information content (AvgIpc) is 3.64. The number of aromatic nitrogens is 5. The number of imidazole rings is 1. The topological polar surface area (TPSA) is 104 Å². The number of rotatable bonds is 10. The summed E-state index contributed by atoms with van der Waals surface area (Å²) in [6, 6.07) is 6.69. The summed E-state index contributed by atoms with van der Waals surface area (Å²) in [7, 11) is 0. The summed E-state index contributed by atoms with van der Waals surface area (Å²) in [5.74, 6) is -0.228. The molecule has 9 nitrogen and oxygen atoms in total. The maximum absolute atomic E-state index is 14.5. The van der Waals surface area contributed by atoms with Crippen LogP contribution in [0.2, 0.25) is 0 Å². The molecule has 0 spiro atoms. The lowest BCUT2D eigenvalue weighted by molar-refractivity contribution is 0.277. The molecule has 4 aromatic rings. The molecule has 0 atom stereocenters. The van der Waals surface area contributed by atoms with Gasteiger partial charge in [-0.2, -0.15) is 0 Å². The van der Waals surface area contributed by atoms with E-state index in [9.17, 15) is 23.5 Å². The predicted molar refractivity (Wildman–Crippen MR) is 137 cm³/mol. The van der Waals surface area contributed by atoms with Crippen LogP contribution in [0.5, 0.6) is 5.88 Å². The molecule has 0 amide bonds. The van der Waals surface area contributed by atoms with E-state index >= 15 is 0 Å². The van der Waals surface area contributed by atoms with Crippen molar-refractivity contribution >= 4 is 11.2 Å². The minimum atomic E-state index is -0.610. The van der Waals surface area contributed by atoms with Crippen LogP contribution >= 0.6 is 0 Å². The highest BCUT2D eigenvalue weighted by Gasteiger charge is 2.27. The molecular weight excluding hydrogens is 496 g/mol. The third kappa shape index (κ3) is 4.98. The summed E-state index contributed by atoms with van der Waals surface area (Å²) in [4.78, 5) is 36.0. The monoisotopic (exact) mass is 525 g/mol. The molecule has 0 bridgehead atoms. The zero-order valence-electron chi connectivity index (χ0n) is 21.2. The zero-order valence-corrected chi connectivity index (χ0v) is 21.2. The second-order valence-electron chi connectivity index (χ2n) is 9.86. The Hall–Kier alpha value is -3.86. The second-order valence-corrected chi connectivity index (χ2v) is 9.86. The first kappa shape index (κ1) is 25.8. The Kier molecular flexibility index (Phi) is 7.11. The molecule has 1 N–H and O–H groups in total. The first-order chi connectivity index (χ1) is 18.3. The van der Waals surface area contributed by atoms with Crippen LogP contribution < -0.4 is 16.0 Å². The fraction of sp³-hybridized carbons (Fsp3) is 0.407. The van der Waals surface area contributed by atoms with Crippen molar-refractivity contribution in [3.63, 3.8) is 0 Å². The molecule has 0 saturated heterocycles. The minimum absolute atomic E-state index is 0.0190. The number of hydrogen-bond donors (Lipinski definition) is 1. The van der Waals surface area contributed by atoms with Crippen molar-refractivity contribution in [2.45, 2.75) is 52.2 Å². The van der Waals surface area contributed by atoms with E-state index in [0.717, 1.165) is 23.6 Å². The van der Waals surface area contributed by atoms with Gasteiger partial charge < -0.3 is 14.4 Å².